The second kappa shape index (κ2) is 14.7. The van der Waals surface area contributed by atoms with Gasteiger partial charge in [0.2, 0.25) is 17.8 Å². The van der Waals surface area contributed by atoms with Gasteiger partial charge in [0.25, 0.3) is 11.5 Å². The maximum absolute atomic E-state index is 13.5. The predicted molar refractivity (Wildman–Crippen MR) is 226 cm³/mol. The van der Waals surface area contributed by atoms with E-state index in [2.05, 4.69) is 55.1 Å². The average Bonchev–Trinajstić information content (AvgIpc) is 3.85. The third kappa shape index (κ3) is 6.41. The number of anilines is 4. The lowest BCUT2D eigenvalue weighted by Gasteiger charge is -2.49. The molecule has 10 rings (SSSR count). The summed E-state index contributed by atoms with van der Waals surface area (Å²) in [6, 6.07) is 17.9. The highest BCUT2D eigenvalue weighted by Gasteiger charge is 2.40. The standard InChI is InChI=1S/C44H47N11O5/c1-3-17-54-42(59)34-23-45-43(49-39(34)55(54)36-13-5-27-15-16-44(60,4-2)38(27)47-36)46-29-6-8-30(9-7-29)52-25-32(26-52)51-20-18-50(19-21-51)31-10-11-33-28(22-31)24-53(41(33)58)35-12-14-37(56)48-40(35)57/h3,5-11,13,22-23,32,35,60H,1,4,12,14-21,24-26H2,2H3,(H,45,46,49)(H,48,56,57)/t35?,44-/m1/s1. The number of carbonyl (C=O) groups is 3. The van der Waals surface area contributed by atoms with E-state index in [9.17, 15) is 24.3 Å². The largest absolute Gasteiger partial charge is 0.384 e. The Morgan fingerprint density at radius 1 is 0.933 bits per heavy atom. The maximum Gasteiger partial charge on any atom is 0.278 e. The lowest BCUT2D eigenvalue weighted by molar-refractivity contribution is -0.136. The molecular weight excluding hydrogens is 763 g/mol. The van der Waals surface area contributed by atoms with Gasteiger partial charge in [0, 0.05) is 87.1 Å². The van der Waals surface area contributed by atoms with E-state index in [1.807, 2.05) is 43.3 Å². The average molecular weight is 810 g/mol. The number of rotatable bonds is 10. The molecule has 3 saturated heterocycles. The fourth-order valence-corrected chi connectivity index (χ4v) is 9.50. The first-order chi connectivity index (χ1) is 29.1. The topological polar surface area (TPSA) is 174 Å². The number of carbonyl (C=O) groups excluding carboxylic acids is 3. The third-order valence-corrected chi connectivity index (χ3v) is 13.0. The molecule has 5 aromatic rings. The van der Waals surface area contributed by atoms with Gasteiger partial charge in [0.1, 0.15) is 17.0 Å². The predicted octanol–water partition coefficient (Wildman–Crippen LogP) is 3.22. The van der Waals surface area contributed by atoms with E-state index >= 15 is 0 Å². The van der Waals surface area contributed by atoms with Gasteiger partial charge in [-0.2, -0.15) is 4.98 Å². The molecule has 7 heterocycles. The van der Waals surface area contributed by atoms with Crippen LogP contribution in [0.1, 0.15) is 59.8 Å². The number of aryl methyl sites for hydroxylation is 1. The molecule has 5 aliphatic rings. The molecule has 0 saturated carbocycles. The minimum atomic E-state index is -0.998. The van der Waals surface area contributed by atoms with E-state index < -0.39 is 17.6 Å². The normalized spacial score (nSPS) is 21.9. The molecule has 16 heteroatoms. The Morgan fingerprint density at radius 2 is 1.72 bits per heavy atom. The van der Waals surface area contributed by atoms with Gasteiger partial charge in [-0.25, -0.2) is 19.3 Å². The van der Waals surface area contributed by atoms with E-state index in [-0.39, 0.29) is 30.3 Å². The molecule has 1 unspecified atom stereocenters. The Morgan fingerprint density at radius 3 is 2.47 bits per heavy atom. The zero-order chi connectivity index (χ0) is 41.3. The summed E-state index contributed by atoms with van der Waals surface area (Å²) in [5.74, 6) is 0.0151. The van der Waals surface area contributed by atoms with Crippen molar-refractivity contribution < 1.29 is 19.5 Å². The van der Waals surface area contributed by atoms with Crippen molar-refractivity contribution in [1.82, 2.24) is 39.4 Å². The molecule has 0 bridgehead atoms. The van der Waals surface area contributed by atoms with Crippen molar-refractivity contribution in [1.29, 1.82) is 0 Å². The number of aromatic nitrogens is 5. The van der Waals surface area contributed by atoms with Crippen LogP contribution in [0.5, 0.6) is 0 Å². The number of allylic oxidation sites excluding steroid dienone is 1. The summed E-state index contributed by atoms with van der Waals surface area (Å²) in [6.07, 6.45) is 5.72. The third-order valence-electron chi connectivity index (χ3n) is 13.0. The second-order valence-corrected chi connectivity index (χ2v) is 16.5. The Kier molecular flexibility index (Phi) is 9.28. The van der Waals surface area contributed by atoms with E-state index in [1.54, 1.807) is 26.5 Å². The number of fused-ring (bicyclic) bond motifs is 3. The van der Waals surface area contributed by atoms with Crippen LogP contribution in [-0.2, 0) is 34.7 Å². The van der Waals surface area contributed by atoms with Crippen LogP contribution in [0.2, 0.25) is 0 Å². The van der Waals surface area contributed by atoms with Crippen LogP contribution in [-0.4, -0.2) is 108 Å². The molecule has 308 valence electrons. The zero-order valence-corrected chi connectivity index (χ0v) is 33.5. The van der Waals surface area contributed by atoms with E-state index in [1.165, 1.54) is 0 Å². The van der Waals surface area contributed by atoms with Crippen LogP contribution >= 0.6 is 0 Å². The maximum atomic E-state index is 13.5. The Balaban J connectivity index is 0.763. The number of piperazine rings is 1. The van der Waals surface area contributed by atoms with Gasteiger partial charge in [-0.3, -0.25) is 29.4 Å². The minimum absolute atomic E-state index is 0.150. The van der Waals surface area contributed by atoms with Crippen LogP contribution in [0.4, 0.5) is 23.0 Å². The van der Waals surface area contributed by atoms with Crippen molar-refractivity contribution in [2.45, 2.75) is 69.8 Å². The first-order valence-corrected chi connectivity index (χ1v) is 20.8. The lowest BCUT2D eigenvalue weighted by Crippen LogP contribution is -2.63. The van der Waals surface area contributed by atoms with Gasteiger partial charge in [-0.15, -0.1) is 6.58 Å². The van der Waals surface area contributed by atoms with Gasteiger partial charge in [0.05, 0.1) is 12.2 Å². The number of aliphatic hydroxyl groups is 1. The molecule has 4 aliphatic heterocycles. The number of imide groups is 1. The van der Waals surface area contributed by atoms with Crippen LogP contribution in [0.25, 0.3) is 16.9 Å². The number of piperidine rings is 1. The molecular formula is C44H47N11O5. The summed E-state index contributed by atoms with van der Waals surface area (Å²) in [6.45, 7) is 12.0. The number of hydrogen-bond donors (Lipinski definition) is 3. The highest BCUT2D eigenvalue weighted by atomic mass is 16.3. The molecule has 3 N–H and O–H groups in total. The monoisotopic (exact) mass is 809 g/mol. The molecule has 3 fully saturated rings. The molecule has 1 aliphatic carbocycles. The first-order valence-electron chi connectivity index (χ1n) is 20.8. The highest BCUT2D eigenvalue weighted by Crippen LogP contribution is 2.39. The summed E-state index contributed by atoms with van der Waals surface area (Å²) < 4.78 is 3.24. The minimum Gasteiger partial charge on any atom is -0.384 e. The molecule has 3 aromatic heterocycles. The fraction of sp³-hybridized carbons (Fsp3) is 0.386. The summed E-state index contributed by atoms with van der Waals surface area (Å²) in [5, 5.41) is 17.3. The highest BCUT2D eigenvalue weighted by molar-refractivity contribution is 6.05. The quantitative estimate of drug-likeness (QED) is 0.139. The lowest BCUT2D eigenvalue weighted by atomic mass is 9.98. The van der Waals surface area contributed by atoms with E-state index in [0.717, 1.165) is 73.9 Å². The van der Waals surface area contributed by atoms with Gasteiger partial charge >= 0.3 is 0 Å². The summed E-state index contributed by atoms with van der Waals surface area (Å²) in [5.41, 5.74) is 5.43. The Bertz CT molecular complexity index is 2630. The van der Waals surface area contributed by atoms with Gasteiger partial charge in [0.15, 0.2) is 11.5 Å². The number of amides is 3. The Hall–Kier alpha value is -6.39. The number of pyridine rings is 1. The van der Waals surface area contributed by atoms with Crippen molar-refractivity contribution in [2.75, 3.05) is 54.4 Å². The van der Waals surface area contributed by atoms with E-state index in [4.69, 9.17) is 9.97 Å². The number of nitrogens with zero attached hydrogens (tertiary/aromatic N) is 9. The molecule has 3 amide bonds. The summed E-state index contributed by atoms with van der Waals surface area (Å²) in [4.78, 5) is 73.9. The van der Waals surface area contributed by atoms with E-state index in [0.29, 0.717) is 65.9 Å². The van der Waals surface area contributed by atoms with Crippen molar-refractivity contribution in [3.63, 3.8) is 0 Å². The number of nitrogens with one attached hydrogen (secondary N) is 2. The SMILES string of the molecule is C=CCn1c(=O)c2cnc(Nc3ccc(N4CC(N5CCN(c6ccc7c(c6)CN(C6CCC(=O)NC6=O)C7=O)CC5)C4)cc3)nc2n1-c1ccc2c(n1)[C@@](O)(CC)CC2. The van der Waals surface area contributed by atoms with Gasteiger partial charge in [-0.1, -0.05) is 19.1 Å². The van der Waals surface area contributed by atoms with Gasteiger partial charge < -0.3 is 25.1 Å². The van der Waals surface area contributed by atoms with Crippen LogP contribution in [0.3, 0.4) is 0 Å². The molecule has 0 radical (unpaired) electrons. The molecule has 2 atom stereocenters. The molecule has 16 nitrogen and oxygen atoms in total. The Labute approximate surface area is 346 Å². The second-order valence-electron chi connectivity index (χ2n) is 16.5. The smallest absolute Gasteiger partial charge is 0.278 e. The van der Waals surface area contributed by atoms with Crippen LogP contribution < -0.4 is 26.0 Å². The summed E-state index contributed by atoms with van der Waals surface area (Å²) in [7, 11) is 0. The fourth-order valence-electron chi connectivity index (χ4n) is 9.50. The van der Waals surface area contributed by atoms with Crippen molar-refractivity contribution >= 4 is 51.8 Å². The first kappa shape index (κ1) is 37.9. The van der Waals surface area contributed by atoms with Crippen LogP contribution in [0.15, 0.2) is 78.2 Å². The molecule has 60 heavy (non-hydrogen) atoms. The van der Waals surface area contributed by atoms with Crippen molar-refractivity contribution in [3.8, 4) is 5.82 Å². The summed E-state index contributed by atoms with van der Waals surface area (Å²) >= 11 is 0. The number of hydrogen-bond acceptors (Lipinski definition) is 12. The van der Waals surface area contributed by atoms with Crippen LogP contribution in [0, 0.1) is 0 Å². The van der Waals surface area contributed by atoms with Gasteiger partial charge in [-0.05, 0) is 85.3 Å². The number of benzene rings is 2. The zero-order valence-electron chi connectivity index (χ0n) is 33.5. The molecule has 0 spiro atoms. The van der Waals surface area contributed by atoms with Crippen molar-refractivity contribution in [3.05, 3.63) is 106 Å². The molecule has 2 aromatic carbocycles. The van der Waals surface area contributed by atoms with Crippen molar-refractivity contribution in [2.24, 2.45) is 0 Å².